The van der Waals surface area contributed by atoms with Gasteiger partial charge in [0.15, 0.2) is 0 Å². The number of piperidine rings is 1. The number of nitrogens with one attached hydrogen (secondary N) is 1. The topological polar surface area (TPSA) is 33.7 Å². The van der Waals surface area contributed by atoms with E-state index in [-0.39, 0.29) is 6.10 Å². The van der Waals surface area contributed by atoms with Crippen LogP contribution in [0.5, 0.6) is 0 Å². The highest BCUT2D eigenvalue weighted by molar-refractivity contribution is 4.80. The van der Waals surface area contributed by atoms with E-state index in [1.807, 2.05) is 0 Å². The first-order valence-electron chi connectivity index (χ1n) is 7.18. The predicted octanol–water partition coefficient (Wildman–Crippen LogP) is 1.36. The quantitative estimate of drug-likeness (QED) is 0.713. The Bertz CT molecular complexity index is 214. The molecule has 3 atom stereocenters. The summed E-state index contributed by atoms with van der Waals surface area (Å²) in [7, 11) is 3.46. The zero-order valence-corrected chi connectivity index (χ0v) is 12.4. The molecule has 0 spiro atoms. The molecular formula is C14H30N2O2. The zero-order valence-electron chi connectivity index (χ0n) is 12.4. The Morgan fingerprint density at radius 2 is 2.17 bits per heavy atom. The number of methoxy groups -OCH3 is 2. The minimum Gasteiger partial charge on any atom is -0.382 e. The summed E-state index contributed by atoms with van der Waals surface area (Å²) in [5.74, 6) is 0.763. The van der Waals surface area contributed by atoms with Crippen LogP contribution in [0.4, 0.5) is 0 Å². The molecule has 4 nitrogen and oxygen atoms in total. The lowest BCUT2D eigenvalue weighted by Gasteiger charge is -2.36. The van der Waals surface area contributed by atoms with E-state index >= 15 is 0 Å². The van der Waals surface area contributed by atoms with Gasteiger partial charge in [-0.15, -0.1) is 0 Å². The van der Waals surface area contributed by atoms with Crippen LogP contribution in [0.15, 0.2) is 0 Å². The highest BCUT2D eigenvalue weighted by atomic mass is 16.5. The first-order valence-corrected chi connectivity index (χ1v) is 7.18. The number of hydrogen-bond donors (Lipinski definition) is 1. The highest BCUT2D eigenvalue weighted by Crippen LogP contribution is 2.19. The molecule has 18 heavy (non-hydrogen) atoms. The second kappa shape index (κ2) is 8.86. The molecule has 0 bridgehead atoms. The SMILES string of the molecule is CCN1CCCC(C(C)NCC(COC)OC)C1. The summed E-state index contributed by atoms with van der Waals surface area (Å²) in [4.78, 5) is 2.55. The van der Waals surface area contributed by atoms with E-state index in [9.17, 15) is 0 Å². The van der Waals surface area contributed by atoms with E-state index in [1.54, 1.807) is 14.2 Å². The molecule has 1 heterocycles. The van der Waals surface area contributed by atoms with Crippen LogP contribution in [0.1, 0.15) is 26.7 Å². The lowest BCUT2D eigenvalue weighted by molar-refractivity contribution is 0.0253. The van der Waals surface area contributed by atoms with Gasteiger partial charge in [0.05, 0.1) is 12.7 Å². The molecule has 0 aliphatic carbocycles. The summed E-state index contributed by atoms with van der Waals surface area (Å²) in [6, 6.07) is 0.550. The minimum absolute atomic E-state index is 0.156. The number of nitrogens with zero attached hydrogens (tertiary/aromatic N) is 1. The van der Waals surface area contributed by atoms with Crippen LogP contribution < -0.4 is 5.32 Å². The van der Waals surface area contributed by atoms with Crippen molar-refractivity contribution in [3.05, 3.63) is 0 Å². The van der Waals surface area contributed by atoms with Crippen molar-refractivity contribution in [2.75, 3.05) is 47.0 Å². The number of rotatable bonds is 8. The van der Waals surface area contributed by atoms with Gasteiger partial charge in [0, 0.05) is 33.4 Å². The monoisotopic (exact) mass is 258 g/mol. The Hall–Kier alpha value is -0.160. The van der Waals surface area contributed by atoms with Gasteiger partial charge in [0.1, 0.15) is 0 Å². The van der Waals surface area contributed by atoms with Crippen molar-refractivity contribution in [3.63, 3.8) is 0 Å². The summed E-state index contributed by atoms with van der Waals surface area (Å²) >= 11 is 0. The fraction of sp³-hybridized carbons (Fsp3) is 1.00. The Labute approximate surface area is 112 Å². The molecule has 4 heteroatoms. The van der Waals surface area contributed by atoms with Crippen molar-refractivity contribution in [2.24, 2.45) is 5.92 Å². The van der Waals surface area contributed by atoms with Crippen LogP contribution in [0.2, 0.25) is 0 Å². The Kier molecular flexibility index (Phi) is 7.82. The summed E-state index contributed by atoms with van der Waals surface area (Å²) in [6.07, 6.45) is 2.83. The van der Waals surface area contributed by atoms with Gasteiger partial charge in [-0.25, -0.2) is 0 Å². The van der Waals surface area contributed by atoms with Crippen LogP contribution in [0, 0.1) is 5.92 Å². The molecule has 108 valence electrons. The summed E-state index contributed by atoms with van der Waals surface area (Å²) in [5.41, 5.74) is 0. The standard InChI is InChI=1S/C14H30N2O2/c1-5-16-8-6-7-13(10-16)12(2)15-9-14(18-4)11-17-3/h12-15H,5-11H2,1-4H3. The van der Waals surface area contributed by atoms with Gasteiger partial charge >= 0.3 is 0 Å². The molecule has 1 saturated heterocycles. The van der Waals surface area contributed by atoms with Crippen molar-refractivity contribution in [1.82, 2.24) is 10.2 Å². The molecule has 0 saturated carbocycles. The lowest BCUT2D eigenvalue weighted by Crippen LogP contribution is -2.46. The van der Waals surface area contributed by atoms with Crippen molar-refractivity contribution in [2.45, 2.75) is 38.8 Å². The average Bonchev–Trinajstić information content (AvgIpc) is 2.43. The smallest absolute Gasteiger partial charge is 0.0928 e. The van der Waals surface area contributed by atoms with Gasteiger partial charge in [-0.3, -0.25) is 0 Å². The molecule has 1 aliphatic rings. The van der Waals surface area contributed by atoms with Crippen molar-refractivity contribution < 1.29 is 9.47 Å². The third-order valence-corrected chi connectivity index (χ3v) is 4.05. The third kappa shape index (κ3) is 5.22. The van der Waals surface area contributed by atoms with Crippen LogP contribution in [-0.2, 0) is 9.47 Å². The maximum absolute atomic E-state index is 5.37. The first kappa shape index (κ1) is 15.9. The molecule has 0 aromatic carbocycles. The normalized spacial score (nSPS) is 25.0. The van der Waals surface area contributed by atoms with Gasteiger partial charge in [-0.2, -0.15) is 0 Å². The molecule has 1 fully saturated rings. The van der Waals surface area contributed by atoms with E-state index in [0.29, 0.717) is 12.6 Å². The average molecular weight is 258 g/mol. The number of likely N-dealkylation sites (tertiary alicyclic amines) is 1. The summed E-state index contributed by atoms with van der Waals surface area (Å²) < 4.78 is 10.5. The predicted molar refractivity (Wildman–Crippen MR) is 75.0 cm³/mol. The second-order valence-electron chi connectivity index (χ2n) is 5.31. The van der Waals surface area contributed by atoms with Gasteiger partial charge < -0.3 is 19.7 Å². The Balaban J connectivity index is 2.28. The van der Waals surface area contributed by atoms with Gasteiger partial charge in [0.2, 0.25) is 0 Å². The van der Waals surface area contributed by atoms with Gasteiger partial charge in [-0.05, 0) is 38.8 Å². The molecule has 0 aromatic heterocycles. The van der Waals surface area contributed by atoms with Crippen molar-refractivity contribution >= 4 is 0 Å². The van der Waals surface area contributed by atoms with Gasteiger partial charge in [-0.1, -0.05) is 6.92 Å². The molecule has 1 N–H and O–H groups in total. The zero-order chi connectivity index (χ0) is 13.4. The summed E-state index contributed by atoms with van der Waals surface area (Å²) in [5, 5.41) is 3.60. The Morgan fingerprint density at radius 1 is 1.39 bits per heavy atom. The molecule has 0 radical (unpaired) electrons. The Morgan fingerprint density at radius 3 is 2.78 bits per heavy atom. The third-order valence-electron chi connectivity index (χ3n) is 4.05. The lowest BCUT2D eigenvalue weighted by atomic mass is 9.91. The van der Waals surface area contributed by atoms with E-state index in [2.05, 4.69) is 24.1 Å². The van der Waals surface area contributed by atoms with Crippen molar-refractivity contribution in [3.8, 4) is 0 Å². The molecule has 1 aliphatic heterocycles. The van der Waals surface area contributed by atoms with Gasteiger partial charge in [0.25, 0.3) is 0 Å². The number of hydrogen-bond acceptors (Lipinski definition) is 4. The molecule has 1 rings (SSSR count). The van der Waals surface area contributed by atoms with Crippen LogP contribution >= 0.6 is 0 Å². The number of ether oxygens (including phenoxy) is 2. The largest absolute Gasteiger partial charge is 0.382 e. The molecule has 0 amide bonds. The molecule has 3 unspecified atom stereocenters. The van der Waals surface area contributed by atoms with E-state index in [1.165, 1.54) is 32.5 Å². The van der Waals surface area contributed by atoms with E-state index in [0.717, 1.165) is 12.5 Å². The highest BCUT2D eigenvalue weighted by Gasteiger charge is 2.24. The second-order valence-corrected chi connectivity index (χ2v) is 5.31. The molecule has 0 aromatic rings. The fourth-order valence-corrected chi connectivity index (χ4v) is 2.67. The minimum atomic E-state index is 0.156. The van der Waals surface area contributed by atoms with E-state index < -0.39 is 0 Å². The van der Waals surface area contributed by atoms with Crippen LogP contribution in [0.25, 0.3) is 0 Å². The fourth-order valence-electron chi connectivity index (χ4n) is 2.67. The van der Waals surface area contributed by atoms with Crippen molar-refractivity contribution in [1.29, 1.82) is 0 Å². The maximum atomic E-state index is 5.37. The summed E-state index contributed by atoms with van der Waals surface area (Å²) in [6.45, 7) is 9.74. The van der Waals surface area contributed by atoms with Crippen LogP contribution in [0.3, 0.4) is 0 Å². The maximum Gasteiger partial charge on any atom is 0.0928 e. The first-order chi connectivity index (χ1) is 8.71. The van der Waals surface area contributed by atoms with Crippen LogP contribution in [-0.4, -0.2) is 64.1 Å². The molecular weight excluding hydrogens is 228 g/mol. The van der Waals surface area contributed by atoms with E-state index in [4.69, 9.17) is 9.47 Å².